The molecule has 0 aromatic carbocycles. The summed E-state index contributed by atoms with van der Waals surface area (Å²) in [6.45, 7) is 2.22. The quantitative estimate of drug-likeness (QED) is 0.838. The van der Waals surface area contributed by atoms with Crippen molar-refractivity contribution in [2.24, 2.45) is 5.92 Å². The lowest BCUT2D eigenvalue weighted by atomic mass is 9.90. The first kappa shape index (κ1) is 13.3. The molecule has 0 amide bonds. The summed E-state index contributed by atoms with van der Waals surface area (Å²) >= 11 is 0. The lowest BCUT2D eigenvalue weighted by molar-refractivity contribution is 0.0123. The van der Waals surface area contributed by atoms with Gasteiger partial charge in [-0.15, -0.1) is 0 Å². The predicted octanol–water partition coefficient (Wildman–Crippen LogP) is 2.66. The Morgan fingerprint density at radius 2 is 2.11 bits per heavy atom. The van der Waals surface area contributed by atoms with Gasteiger partial charge in [0, 0.05) is 12.4 Å². The normalized spacial score (nSPS) is 28.7. The van der Waals surface area contributed by atoms with Crippen LogP contribution in [0.1, 0.15) is 51.1 Å². The Morgan fingerprint density at radius 3 is 2.83 bits per heavy atom. The highest BCUT2D eigenvalue weighted by atomic mass is 16.5. The van der Waals surface area contributed by atoms with Crippen LogP contribution < -0.4 is 4.74 Å². The van der Waals surface area contributed by atoms with E-state index < -0.39 is 5.60 Å². The van der Waals surface area contributed by atoms with Gasteiger partial charge in [-0.2, -0.15) is 0 Å². The molecule has 1 aromatic rings. The van der Waals surface area contributed by atoms with Crippen molar-refractivity contribution in [3.05, 3.63) is 18.1 Å². The zero-order valence-electron chi connectivity index (χ0n) is 11.2. The van der Waals surface area contributed by atoms with Crippen molar-refractivity contribution in [3.63, 3.8) is 0 Å². The lowest BCUT2D eigenvalue weighted by Crippen LogP contribution is -2.27. The molecule has 1 aromatic heterocycles. The van der Waals surface area contributed by atoms with E-state index in [0.717, 1.165) is 31.6 Å². The Hall–Kier alpha value is -1.16. The molecule has 0 aliphatic heterocycles. The number of aliphatic hydroxyl groups is 1. The molecule has 0 bridgehead atoms. The van der Waals surface area contributed by atoms with Crippen LogP contribution in [0.4, 0.5) is 0 Å². The van der Waals surface area contributed by atoms with E-state index in [-0.39, 0.29) is 0 Å². The summed E-state index contributed by atoms with van der Waals surface area (Å²) in [5, 5.41) is 10.9. The van der Waals surface area contributed by atoms with E-state index >= 15 is 0 Å². The predicted molar refractivity (Wildman–Crippen MR) is 69.3 cm³/mol. The van der Waals surface area contributed by atoms with E-state index in [9.17, 15) is 5.11 Å². The van der Waals surface area contributed by atoms with Crippen molar-refractivity contribution in [3.8, 4) is 5.88 Å². The monoisotopic (exact) mass is 250 g/mol. The van der Waals surface area contributed by atoms with Crippen LogP contribution in [-0.2, 0) is 5.60 Å². The molecule has 0 saturated heterocycles. The number of hydrogen-bond donors (Lipinski definition) is 1. The van der Waals surface area contributed by atoms with Gasteiger partial charge < -0.3 is 9.84 Å². The molecule has 2 atom stereocenters. The molecule has 1 fully saturated rings. The van der Waals surface area contributed by atoms with Gasteiger partial charge in [-0.1, -0.05) is 19.8 Å². The van der Waals surface area contributed by atoms with Crippen LogP contribution in [0.3, 0.4) is 0 Å². The summed E-state index contributed by atoms with van der Waals surface area (Å²) in [5.41, 5.74) is -0.270. The summed E-state index contributed by atoms with van der Waals surface area (Å²) in [7, 11) is 1.57. The molecule has 1 saturated carbocycles. The number of aromatic nitrogens is 2. The van der Waals surface area contributed by atoms with E-state index in [1.165, 1.54) is 12.8 Å². The molecule has 0 spiro atoms. The van der Waals surface area contributed by atoms with Gasteiger partial charge >= 0.3 is 0 Å². The average molecular weight is 250 g/mol. The molecule has 1 heterocycles. The van der Waals surface area contributed by atoms with Crippen molar-refractivity contribution >= 4 is 0 Å². The zero-order valence-corrected chi connectivity index (χ0v) is 11.2. The third-order valence-electron chi connectivity index (χ3n) is 4.05. The summed E-state index contributed by atoms with van der Waals surface area (Å²) in [5.74, 6) is 1.18. The Labute approximate surface area is 108 Å². The maximum atomic E-state index is 10.9. The SMILES string of the molecule is CCC1CCCC(O)(c2nccnc2OC)CC1. The zero-order chi connectivity index (χ0) is 13.0. The molecule has 4 nitrogen and oxygen atoms in total. The molecule has 2 unspecified atom stereocenters. The fraction of sp³-hybridized carbons (Fsp3) is 0.714. The van der Waals surface area contributed by atoms with Crippen LogP contribution in [0.15, 0.2) is 12.4 Å². The molecule has 1 aliphatic carbocycles. The van der Waals surface area contributed by atoms with Crippen LogP contribution in [0.2, 0.25) is 0 Å². The van der Waals surface area contributed by atoms with Crippen LogP contribution in [0, 0.1) is 5.92 Å². The lowest BCUT2D eigenvalue weighted by Gasteiger charge is -2.26. The number of hydrogen-bond acceptors (Lipinski definition) is 4. The average Bonchev–Trinajstić information content (AvgIpc) is 2.61. The number of methoxy groups -OCH3 is 1. The number of nitrogens with zero attached hydrogens (tertiary/aromatic N) is 2. The van der Waals surface area contributed by atoms with Crippen LogP contribution in [0.25, 0.3) is 0 Å². The van der Waals surface area contributed by atoms with Gasteiger partial charge in [-0.3, -0.25) is 4.98 Å². The first-order valence-electron chi connectivity index (χ1n) is 6.77. The second-order valence-corrected chi connectivity index (χ2v) is 5.15. The maximum Gasteiger partial charge on any atom is 0.238 e. The smallest absolute Gasteiger partial charge is 0.238 e. The second-order valence-electron chi connectivity index (χ2n) is 5.15. The standard InChI is InChI=1S/C14H22N2O2/c1-3-11-5-4-7-14(17,8-6-11)12-13(18-2)16-10-9-15-12/h9-11,17H,3-8H2,1-2H3. The summed E-state index contributed by atoms with van der Waals surface area (Å²) in [6, 6.07) is 0. The van der Waals surface area contributed by atoms with Crippen molar-refractivity contribution in [1.82, 2.24) is 9.97 Å². The molecule has 1 aliphatic rings. The Bertz CT molecular complexity index is 397. The van der Waals surface area contributed by atoms with E-state index in [1.807, 2.05) is 0 Å². The minimum absolute atomic E-state index is 0.454. The summed E-state index contributed by atoms with van der Waals surface area (Å²) in [6.07, 6.45) is 9.19. The van der Waals surface area contributed by atoms with Crippen molar-refractivity contribution in [1.29, 1.82) is 0 Å². The van der Waals surface area contributed by atoms with Gasteiger partial charge in [0.15, 0.2) is 0 Å². The third-order valence-corrected chi connectivity index (χ3v) is 4.05. The molecule has 1 N–H and O–H groups in total. The maximum absolute atomic E-state index is 10.9. The van der Waals surface area contributed by atoms with Gasteiger partial charge in [0.1, 0.15) is 11.3 Å². The van der Waals surface area contributed by atoms with E-state index in [0.29, 0.717) is 11.6 Å². The van der Waals surface area contributed by atoms with E-state index in [1.54, 1.807) is 19.5 Å². The highest BCUT2D eigenvalue weighted by Crippen LogP contribution is 2.40. The molecule has 0 radical (unpaired) electrons. The molecule has 18 heavy (non-hydrogen) atoms. The molecular formula is C14H22N2O2. The first-order chi connectivity index (χ1) is 8.69. The highest BCUT2D eigenvalue weighted by molar-refractivity contribution is 5.24. The molecule has 2 rings (SSSR count). The Balaban J connectivity index is 2.24. The summed E-state index contributed by atoms with van der Waals surface area (Å²) < 4.78 is 5.22. The molecular weight excluding hydrogens is 228 g/mol. The second kappa shape index (κ2) is 5.65. The summed E-state index contributed by atoms with van der Waals surface area (Å²) in [4.78, 5) is 8.44. The molecule has 4 heteroatoms. The van der Waals surface area contributed by atoms with Crippen molar-refractivity contribution in [2.45, 2.75) is 51.0 Å². The highest BCUT2D eigenvalue weighted by Gasteiger charge is 2.36. The Kier molecular flexibility index (Phi) is 4.17. The fourth-order valence-corrected chi connectivity index (χ4v) is 2.83. The van der Waals surface area contributed by atoms with Gasteiger partial charge in [0.05, 0.1) is 7.11 Å². The van der Waals surface area contributed by atoms with E-state index in [4.69, 9.17) is 4.74 Å². The minimum atomic E-state index is -0.872. The van der Waals surface area contributed by atoms with Crippen molar-refractivity contribution < 1.29 is 9.84 Å². The number of rotatable bonds is 3. The Morgan fingerprint density at radius 1 is 1.33 bits per heavy atom. The van der Waals surface area contributed by atoms with Crippen LogP contribution >= 0.6 is 0 Å². The first-order valence-corrected chi connectivity index (χ1v) is 6.77. The molecule has 100 valence electrons. The van der Waals surface area contributed by atoms with Gasteiger partial charge in [0.2, 0.25) is 5.88 Å². The third kappa shape index (κ3) is 2.64. The topological polar surface area (TPSA) is 55.2 Å². The minimum Gasteiger partial charge on any atom is -0.480 e. The van der Waals surface area contributed by atoms with Gasteiger partial charge in [-0.25, -0.2) is 4.98 Å². The largest absolute Gasteiger partial charge is 0.480 e. The number of ether oxygens (including phenoxy) is 1. The van der Waals surface area contributed by atoms with Gasteiger partial charge in [0.25, 0.3) is 0 Å². The van der Waals surface area contributed by atoms with Crippen LogP contribution in [0.5, 0.6) is 5.88 Å². The fourth-order valence-electron chi connectivity index (χ4n) is 2.83. The van der Waals surface area contributed by atoms with Crippen LogP contribution in [-0.4, -0.2) is 22.2 Å². The van der Waals surface area contributed by atoms with E-state index in [2.05, 4.69) is 16.9 Å². The van der Waals surface area contributed by atoms with Crippen molar-refractivity contribution in [2.75, 3.05) is 7.11 Å². The van der Waals surface area contributed by atoms with Gasteiger partial charge in [-0.05, 0) is 31.6 Å².